The molecule has 1 aliphatic rings. The third-order valence-electron chi connectivity index (χ3n) is 3.32. The fourth-order valence-electron chi connectivity index (χ4n) is 2.28. The van der Waals surface area contributed by atoms with Crippen LogP contribution < -0.4 is 5.32 Å². The van der Waals surface area contributed by atoms with Crippen LogP contribution >= 0.6 is 0 Å². The zero-order valence-electron chi connectivity index (χ0n) is 11.5. The van der Waals surface area contributed by atoms with Crippen molar-refractivity contribution in [2.75, 3.05) is 26.4 Å². The monoisotopic (exact) mass is 243 g/mol. The highest BCUT2D eigenvalue weighted by atomic mass is 16.5. The van der Waals surface area contributed by atoms with Gasteiger partial charge < -0.3 is 14.8 Å². The lowest BCUT2D eigenvalue weighted by molar-refractivity contribution is 0.00626. The van der Waals surface area contributed by atoms with Crippen molar-refractivity contribution in [3.8, 4) is 0 Å². The van der Waals surface area contributed by atoms with Crippen LogP contribution in [0.4, 0.5) is 0 Å². The fourth-order valence-corrected chi connectivity index (χ4v) is 2.28. The minimum absolute atomic E-state index is 0.497. The van der Waals surface area contributed by atoms with E-state index in [1.807, 2.05) is 0 Å². The van der Waals surface area contributed by atoms with Crippen molar-refractivity contribution in [2.24, 2.45) is 0 Å². The molecule has 17 heavy (non-hydrogen) atoms. The maximum atomic E-state index is 5.77. The Morgan fingerprint density at radius 2 is 2.24 bits per heavy atom. The van der Waals surface area contributed by atoms with Crippen molar-refractivity contribution < 1.29 is 9.47 Å². The summed E-state index contributed by atoms with van der Waals surface area (Å²) in [5.41, 5.74) is 0. The first kappa shape index (κ1) is 14.9. The molecule has 1 heterocycles. The van der Waals surface area contributed by atoms with E-state index < -0.39 is 0 Å². The van der Waals surface area contributed by atoms with E-state index in [1.165, 1.54) is 38.5 Å². The molecule has 0 aliphatic carbocycles. The highest BCUT2D eigenvalue weighted by Gasteiger charge is 2.16. The summed E-state index contributed by atoms with van der Waals surface area (Å²) >= 11 is 0. The molecule has 3 heteroatoms. The Kier molecular flexibility index (Phi) is 8.67. The van der Waals surface area contributed by atoms with Gasteiger partial charge in [-0.2, -0.15) is 0 Å². The lowest BCUT2D eigenvalue weighted by atomic mass is 10.0. The molecule has 1 N–H and O–H groups in total. The largest absolute Gasteiger partial charge is 0.380 e. The average Bonchev–Trinajstić information content (AvgIpc) is 2.39. The van der Waals surface area contributed by atoms with Crippen LogP contribution in [0.15, 0.2) is 0 Å². The predicted molar refractivity (Wildman–Crippen MR) is 71.4 cm³/mol. The van der Waals surface area contributed by atoms with Crippen LogP contribution in [0, 0.1) is 0 Å². The Morgan fingerprint density at radius 1 is 1.35 bits per heavy atom. The number of ether oxygens (including phenoxy) is 2. The van der Waals surface area contributed by atoms with Gasteiger partial charge in [-0.25, -0.2) is 0 Å². The first-order valence-corrected chi connectivity index (χ1v) is 7.29. The topological polar surface area (TPSA) is 30.5 Å². The van der Waals surface area contributed by atoms with Gasteiger partial charge in [0, 0.05) is 19.3 Å². The molecule has 0 bridgehead atoms. The van der Waals surface area contributed by atoms with Crippen LogP contribution in [0.3, 0.4) is 0 Å². The van der Waals surface area contributed by atoms with Crippen molar-refractivity contribution in [2.45, 2.75) is 64.5 Å². The third kappa shape index (κ3) is 7.02. The van der Waals surface area contributed by atoms with Crippen LogP contribution in [-0.2, 0) is 9.47 Å². The van der Waals surface area contributed by atoms with Gasteiger partial charge in [0.2, 0.25) is 0 Å². The van der Waals surface area contributed by atoms with Crippen molar-refractivity contribution in [3.63, 3.8) is 0 Å². The van der Waals surface area contributed by atoms with E-state index in [9.17, 15) is 0 Å². The van der Waals surface area contributed by atoms with Gasteiger partial charge in [0.1, 0.15) is 0 Å². The van der Waals surface area contributed by atoms with Crippen LogP contribution in [0.5, 0.6) is 0 Å². The van der Waals surface area contributed by atoms with Crippen LogP contribution in [0.25, 0.3) is 0 Å². The van der Waals surface area contributed by atoms with Crippen LogP contribution in [0.2, 0.25) is 0 Å². The minimum atomic E-state index is 0.497. The van der Waals surface area contributed by atoms with E-state index in [0.29, 0.717) is 12.1 Å². The Labute approximate surface area is 106 Å². The molecule has 2 unspecified atom stereocenters. The highest BCUT2D eigenvalue weighted by molar-refractivity contribution is 4.71. The molecule has 1 saturated heterocycles. The van der Waals surface area contributed by atoms with Gasteiger partial charge in [0.15, 0.2) is 0 Å². The molecule has 1 fully saturated rings. The maximum Gasteiger partial charge on any atom is 0.0619 e. The first-order chi connectivity index (χ1) is 8.36. The van der Waals surface area contributed by atoms with Crippen LogP contribution in [-0.4, -0.2) is 38.5 Å². The Bertz CT molecular complexity index is 162. The molecule has 102 valence electrons. The predicted octanol–water partition coefficient (Wildman–Crippen LogP) is 2.74. The number of nitrogens with one attached hydrogen (secondary N) is 1. The third-order valence-corrected chi connectivity index (χ3v) is 3.32. The smallest absolute Gasteiger partial charge is 0.0619 e. The highest BCUT2D eigenvalue weighted by Crippen LogP contribution is 2.17. The van der Waals surface area contributed by atoms with E-state index in [1.54, 1.807) is 0 Å². The summed E-state index contributed by atoms with van der Waals surface area (Å²) in [6.07, 6.45) is 7.85. The van der Waals surface area contributed by atoms with Gasteiger partial charge in [0.25, 0.3) is 0 Å². The minimum Gasteiger partial charge on any atom is -0.380 e. The van der Waals surface area contributed by atoms with Crippen LogP contribution in [0.1, 0.15) is 52.4 Å². The van der Waals surface area contributed by atoms with Gasteiger partial charge in [-0.3, -0.25) is 0 Å². The molecule has 0 aromatic rings. The Hall–Kier alpha value is -0.120. The Morgan fingerprint density at radius 3 is 2.88 bits per heavy atom. The molecule has 0 radical (unpaired) electrons. The van der Waals surface area contributed by atoms with Gasteiger partial charge in [-0.05, 0) is 52.0 Å². The molecule has 1 aliphatic heterocycles. The Balaban J connectivity index is 2.16. The van der Waals surface area contributed by atoms with Crippen molar-refractivity contribution in [3.05, 3.63) is 0 Å². The summed E-state index contributed by atoms with van der Waals surface area (Å²) < 4.78 is 11.3. The van der Waals surface area contributed by atoms with E-state index in [0.717, 1.165) is 26.4 Å². The zero-order chi connectivity index (χ0) is 12.3. The normalized spacial score (nSPS) is 22.6. The number of hydrogen-bond acceptors (Lipinski definition) is 3. The van der Waals surface area contributed by atoms with Crippen molar-refractivity contribution in [1.29, 1.82) is 0 Å². The van der Waals surface area contributed by atoms with Gasteiger partial charge in [0.05, 0.1) is 12.7 Å². The molecule has 0 aromatic carbocycles. The van der Waals surface area contributed by atoms with Crippen molar-refractivity contribution >= 4 is 0 Å². The summed E-state index contributed by atoms with van der Waals surface area (Å²) in [5, 5.41) is 3.56. The molecule has 0 spiro atoms. The molecular formula is C14H29NO2. The standard InChI is InChI=1S/C14H29NO2/c1-3-10-15-13(12-16-4-2)8-9-14-7-5-6-11-17-14/h13-15H,3-12H2,1-2H3. The average molecular weight is 243 g/mol. The molecule has 2 atom stereocenters. The second kappa shape index (κ2) is 9.86. The summed E-state index contributed by atoms with van der Waals surface area (Å²) in [7, 11) is 0. The summed E-state index contributed by atoms with van der Waals surface area (Å²) in [6, 6.07) is 0.500. The molecule has 0 amide bonds. The number of rotatable bonds is 9. The first-order valence-electron chi connectivity index (χ1n) is 7.29. The SMILES string of the molecule is CCCNC(CCC1CCCCO1)COCC. The number of hydrogen-bond donors (Lipinski definition) is 1. The second-order valence-corrected chi connectivity index (χ2v) is 4.88. The lowest BCUT2D eigenvalue weighted by Gasteiger charge is -2.25. The quantitative estimate of drug-likeness (QED) is 0.675. The molecule has 3 nitrogen and oxygen atoms in total. The summed E-state index contributed by atoms with van der Waals surface area (Å²) in [5.74, 6) is 0. The molecule has 0 saturated carbocycles. The van der Waals surface area contributed by atoms with Crippen molar-refractivity contribution in [1.82, 2.24) is 5.32 Å². The fraction of sp³-hybridized carbons (Fsp3) is 1.00. The molecule has 1 rings (SSSR count). The molecule has 0 aromatic heterocycles. The lowest BCUT2D eigenvalue weighted by Crippen LogP contribution is -2.35. The second-order valence-electron chi connectivity index (χ2n) is 4.88. The van der Waals surface area contributed by atoms with Gasteiger partial charge >= 0.3 is 0 Å². The van der Waals surface area contributed by atoms with Gasteiger partial charge in [-0.15, -0.1) is 0 Å². The van der Waals surface area contributed by atoms with Gasteiger partial charge in [-0.1, -0.05) is 6.92 Å². The summed E-state index contributed by atoms with van der Waals surface area (Å²) in [4.78, 5) is 0. The zero-order valence-corrected chi connectivity index (χ0v) is 11.5. The summed E-state index contributed by atoms with van der Waals surface area (Å²) in [6.45, 7) is 7.95. The van der Waals surface area contributed by atoms with E-state index in [4.69, 9.17) is 9.47 Å². The van der Waals surface area contributed by atoms with E-state index >= 15 is 0 Å². The van der Waals surface area contributed by atoms with E-state index in [-0.39, 0.29) is 0 Å². The van der Waals surface area contributed by atoms with E-state index in [2.05, 4.69) is 19.2 Å². The maximum absolute atomic E-state index is 5.77. The molecular weight excluding hydrogens is 214 g/mol.